The van der Waals surface area contributed by atoms with E-state index in [0.29, 0.717) is 5.82 Å². The van der Waals surface area contributed by atoms with Crippen molar-refractivity contribution in [2.75, 3.05) is 13.2 Å². The zero-order valence-corrected chi connectivity index (χ0v) is 19.0. The minimum Gasteiger partial charge on any atom is -0.444 e. The number of amides is 1. The van der Waals surface area contributed by atoms with E-state index in [0.717, 1.165) is 17.1 Å². The van der Waals surface area contributed by atoms with Gasteiger partial charge < -0.3 is 14.5 Å². The van der Waals surface area contributed by atoms with Crippen LogP contribution in [0.2, 0.25) is 0 Å². The lowest BCUT2D eigenvalue weighted by atomic mass is 10.1. The van der Waals surface area contributed by atoms with Crippen LogP contribution in [0.1, 0.15) is 38.2 Å². The summed E-state index contributed by atoms with van der Waals surface area (Å²) in [7, 11) is 0. The van der Waals surface area contributed by atoms with E-state index in [9.17, 15) is 19.3 Å². The van der Waals surface area contributed by atoms with Crippen LogP contribution in [0.25, 0.3) is 17.1 Å². The highest BCUT2D eigenvalue weighted by Crippen LogP contribution is 2.29. The van der Waals surface area contributed by atoms with Crippen molar-refractivity contribution in [2.24, 2.45) is 0 Å². The number of hydrogen-bond acceptors (Lipinski definition) is 6. The third kappa shape index (κ3) is 5.07. The number of para-hydroxylation sites is 2. The minimum absolute atomic E-state index is 0.0926. The Kier molecular flexibility index (Phi) is 6.34. The smallest absolute Gasteiger partial charge is 0.411 e. The molecule has 1 saturated heterocycles. The van der Waals surface area contributed by atoms with E-state index in [-0.39, 0.29) is 24.4 Å². The van der Waals surface area contributed by atoms with Crippen LogP contribution in [-0.4, -0.2) is 50.7 Å². The molecule has 1 aliphatic heterocycles. The van der Waals surface area contributed by atoms with Gasteiger partial charge in [0.05, 0.1) is 40.8 Å². The molecular weight excluding hydrogens is 443 g/mol. The number of nitrogens with one attached hydrogen (secondary N) is 1. The monoisotopic (exact) mass is 468 g/mol. The van der Waals surface area contributed by atoms with Crippen LogP contribution in [0.15, 0.2) is 48.5 Å². The number of carbonyl (C=O) groups excluding carboxylic acids is 1. The Labute approximate surface area is 195 Å². The summed E-state index contributed by atoms with van der Waals surface area (Å²) < 4.78 is 25.8. The Morgan fingerprint density at radius 1 is 1.29 bits per heavy atom. The number of rotatable bonds is 4. The van der Waals surface area contributed by atoms with E-state index >= 15 is 0 Å². The van der Waals surface area contributed by atoms with E-state index in [4.69, 9.17) is 9.47 Å². The summed E-state index contributed by atoms with van der Waals surface area (Å²) in [5, 5.41) is 11.3. The van der Waals surface area contributed by atoms with Crippen molar-refractivity contribution in [3.63, 3.8) is 0 Å². The van der Waals surface area contributed by atoms with Gasteiger partial charge in [0.2, 0.25) is 0 Å². The fourth-order valence-corrected chi connectivity index (χ4v) is 3.73. The average molecular weight is 468 g/mol. The average Bonchev–Trinajstić information content (AvgIpc) is 3.21. The van der Waals surface area contributed by atoms with Gasteiger partial charge in [0.15, 0.2) is 0 Å². The number of nitrogens with zero attached hydrogens (tertiary/aromatic N) is 3. The van der Waals surface area contributed by atoms with Gasteiger partial charge in [-0.15, -0.1) is 0 Å². The molecule has 178 valence electrons. The molecule has 2 atom stereocenters. The predicted molar refractivity (Wildman–Crippen MR) is 124 cm³/mol. The second kappa shape index (κ2) is 9.22. The maximum absolute atomic E-state index is 14.2. The Balaban J connectivity index is 1.61. The lowest BCUT2D eigenvalue weighted by molar-refractivity contribution is -0.385. The van der Waals surface area contributed by atoms with Crippen LogP contribution >= 0.6 is 0 Å². The molecule has 2 heterocycles. The third-order valence-corrected chi connectivity index (χ3v) is 5.28. The number of imidazole rings is 1. The number of fused-ring (bicyclic) bond motifs is 1. The summed E-state index contributed by atoms with van der Waals surface area (Å²) in [5.74, 6) is -0.162. The van der Waals surface area contributed by atoms with E-state index in [1.165, 1.54) is 29.2 Å². The molecule has 34 heavy (non-hydrogen) atoms. The van der Waals surface area contributed by atoms with Gasteiger partial charge >= 0.3 is 6.09 Å². The first kappa shape index (κ1) is 23.4. The molecular formula is C24H25FN4O5. The standard InChI is InChI=1S/C24H25FN4O5/c1-24(2,3)34-23(30)28-13-15(11-12-16-17(25)7-6-10-20(16)29(31)32)33-14-21(28)22-26-18-8-4-5-9-19(18)27-22/h4-12,15,21H,13-14H2,1-3H3,(H,26,27)/t15-,21+/m1/s1. The molecule has 0 radical (unpaired) electrons. The Morgan fingerprint density at radius 2 is 2.06 bits per heavy atom. The molecule has 9 nitrogen and oxygen atoms in total. The summed E-state index contributed by atoms with van der Waals surface area (Å²) in [6, 6.07) is 10.6. The van der Waals surface area contributed by atoms with E-state index in [1.807, 2.05) is 24.3 Å². The molecule has 0 bridgehead atoms. The number of halogens is 1. The third-order valence-electron chi connectivity index (χ3n) is 5.28. The fraction of sp³-hybridized carbons (Fsp3) is 0.333. The van der Waals surface area contributed by atoms with Crippen LogP contribution in [0.5, 0.6) is 0 Å². The Hall–Kier alpha value is -3.79. The topological polar surface area (TPSA) is 111 Å². The minimum atomic E-state index is -0.717. The van der Waals surface area contributed by atoms with Crippen molar-refractivity contribution < 1.29 is 23.6 Å². The highest BCUT2D eigenvalue weighted by atomic mass is 19.1. The van der Waals surface area contributed by atoms with Gasteiger partial charge in [-0.05, 0) is 45.0 Å². The number of nitro groups is 1. The maximum atomic E-state index is 14.2. The van der Waals surface area contributed by atoms with E-state index in [1.54, 1.807) is 20.8 Å². The number of carbonyl (C=O) groups is 1. The Morgan fingerprint density at radius 3 is 2.76 bits per heavy atom. The summed E-state index contributed by atoms with van der Waals surface area (Å²) in [5.41, 5.74) is 0.369. The van der Waals surface area contributed by atoms with Crippen LogP contribution < -0.4 is 0 Å². The number of ether oxygens (including phenoxy) is 2. The summed E-state index contributed by atoms with van der Waals surface area (Å²) in [6.07, 6.45) is 1.65. The number of aromatic nitrogens is 2. The number of morpholine rings is 1. The summed E-state index contributed by atoms with van der Waals surface area (Å²) in [4.78, 5) is 33.0. The van der Waals surface area contributed by atoms with Gasteiger partial charge in [-0.3, -0.25) is 15.0 Å². The molecule has 1 fully saturated rings. The zero-order chi connectivity index (χ0) is 24.5. The van der Waals surface area contributed by atoms with Crippen molar-refractivity contribution in [1.29, 1.82) is 0 Å². The second-order valence-electron chi connectivity index (χ2n) is 8.95. The van der Waals surface area contributed by atoms with Crippen molar-refractivity contribution in [1.82, 2.24) is 14.9 Å². The predicted octanol–water partition coefficient (Wildman–Crippen LogP) is 5.00. The fourth-order valence-electron chi connectivity index (χ4n) is 3.73. The molecule has 1 aromatic heterocycles. The number of nitro benzene ring substituents is 1. The molecule has 1 aliphatic rings. The summed E-state index contributed by atoms with van der Waals surface area (Å²) >= 11 is 0. The normalized spacial score (nSPS) is 19.0. The lowest BCUT2D eigenvalue weighted by Gasteiger charge is -2.38. The van der Waals surface area contributed by atoms with Crippen LogP contribution in [0.3, 0.4) is 0 Å². The van der Waals surface area contributed by atoms with Crippen LogP contribution in [0.4, 0.5) is 14.9 Å². The molecule has 10 heteroatoms. The number of benzene rings is 2. The highest BCUT2D eigenvalue weighted by Gasteiger charge is 2.37. The van der Waals surface area contributed by atoms with Crippen molar-refractivity contribution in [2.45, 2.75) is 38.5 Å². The second-order valence-corrected chi connectivity index (χ2v) is 8.95. The molecule has 0 spiro atoms. The van der Waals surface area contributed by atoms with Gasteiger partial charge in [0, 0.05) is 6.07 Å². The van der Waals surface area contributed by atoms with Crippen LogP contribution in [-0.2, 0) is 9.47 Å². The molecule has 0 unspecified atom stereocenters. The number of aromatic amines is 1. The number of hydrogen-bond donors (Lipinski definition) is 1. The van der Waals surface area contributed by atoms with Gasteiger partial charge in [-0.2, -0.15) is 0 Å². The Bertz CT molecular complexity index is 1220. The SMILES string of the molecule is CC(C)(C)OC(=O)N1C[C@@H](C=Cc2c(F)cccc2[N+](=O)[O-])OC[C@H]1c1nc2ccccc2[nH]1. The molecule has 0 saturated carbocycles. The van der Waals surface area contributed by atoms with Crippen LogP contribution in [0, 0.1) is 15.9 Å². The quantitative estimate of drug-likeness (QED) is 0.426. The largest absolute Gasteiger partial charge is 0.444 e. The van der Waals surface area contributed by atoms with Gasteiger partial charge in [-0.1, -0.05) is 24.3 Å². The molecule has 1 N–H and O–H groups in total. The van der Waals surface area contributed by atoms with Gasteiger partial charge in [0.1, 0.15) is 23.3 Å². The first-order valence-electron chi connectivity index (χ1n) is 10.8. The maximum Gasteiger partial charge on any atom is 0.411 e. The van der Waals surface area contributed by atoms with Crippen molar-refractivity contribution >= 4 is 28.9 Å². The number of H-pyrrole nitrogens is 1. The first-order valence-corrected chi connectivity index (χ1v) is 10.8. The van der Waals surface area contributed by atoms with E-state index < -0.39 is 34.6 Å². The summed E-state index contributed by atoms with van der Waals surface area (Å²) in [6.45, 7) is 5.52. The zero-order valence-electron chi connectivity index (χ0n) is 19.0. The molecule has 4 rings (SSSR count). The van der Waals surface area contributed by atoms with E-state index in [2.05, 4.69) is 9.97 Å². The van der Waals surface area contributed by atoms with Gasteiger partial charge in [-0.25, -0.2) is 14.2 Å². The highest BCUT2D eigenvalue weighted by molar-refractivity contribution is 5.75. The lowest BCUT2D eigenvalue weighted by Crippen LogP contribution is -2.49. The molecule has 0 aliphatic carbocycles. The molecule has 1 amide bonds. The molecule has 2 aromatic carbocycles. The van der Waals surface area contributed by atoms with Crippen molar-refractivity contribution in [3.05, 3.63) is 75.9 Å². The first-order chi connectivity index (χ1) is 16.1. The van der Waals surface area contributed by atoms with Crippen molar-refractivity contribution in [3.8, 4) is 0 Å². The molecule has 3 aromatic rings. The van der Waals surface area contributed by atoms with Gasteiger partial charge in [0.25, 0.3) is 5.69 Å².